The molecule has 0 bridgehead atoms. The average molecular weight is 333 g/mol. The van der Waals surface area contributed by atoms with Gasteiger partial charge in [-0.25, -0.2) is 0 Å². The standard InChI is InChI=1S/C20H31NO3/c1-19-7-5-12(22)9-11(19)3-4-13-15(19)6-8-20(2)16(13)10-14-17(20)21-24-18(14)23/h11-16,18,22-23H,3-10H2,1-2H3/t11-,12-,13+,14+,15-,16-,18-,19-,20-/m0/s1. The van der Waals surface area contributed by atoms with Crippen molar-refractivity contribution in [2.75, 3.05) is 0 Å². The Labute approximate surface area is 144 Å². The maximum atomic E-state index is 10.2. The van der Waals surface area contributed by atoms with Crippen LogP contribution in [0.5, 0.6) is 0 Å². The molecule has 4 aliphatic carbocycles. The second kappa shape index (κ2) is 4.97. The van der Waals surface area contributed by atoms with E-state index in [0.717, 1.165) is 36.8 Å². The van der Waals surface area contributed by atoms with E-state index < -0.39 is 6.29 Å². The summed E-state index contributed by atoms with van der Waals surface area (Å²) in [7, 11) is 0. The molecular formula is C20H31NO3. The van der Waals surface area contributed by atoms with E-state index in [2.05, 4.69) is 19.0 Å². The molecule has 24 heavy (non-hydrogen) atoms. The van der Waals surface area contributed by atoms with Crippen LogP contribution < -0.4 is 0 Å². The third kappa shape index (κ3) is 1.85. The van der Waals surface area contributed by atoms with Crippen LogP contribution in [0.2, 0.25) is 0 Å². The van der Waals surface area contributed by atoms with Crippen LogP contribution in [0.4, 0.5) is 0 Å². The fourth-order valence-electron chi connectivity index (χ4n) is 7.72. The minimum atomic E-state index is -0.711. The van der Waals surface area contributed by atoms with Gasteiger partial charge < -0.3 is 15.1 Å². The molecule has 0 unspecified atom stereocenters. The zero-order chi connectivity index (χ0) is 16.7. The molecule has 0 amide bonds. The van der Waals surface area contributed by atoms with Crippen LogP contribution in [0.25, 0.3) is 0 Å². The summed E-state index contributed by atoms with van der Waals surface area (Å²) in [5.74, 6) is 3.06. The molecule has 0 spiro atoms. The summed E-state index contributed by atoms with van der Waals surface area (Å²) in [6.07, 6.45) is 8.52. The molecule has 0 saturated heterocycles. The first kappa shape index (κ1) is 15.6. The van der Waals surface area contributed by atoms with Gasteiger partial charge in [0.05, 0.1) is 17.7 Å². The van der Waals surface area contributed by atoms with E-state index >= 15 is 0 Å². The smallest absolute Gasteiger partial charge is 0.232 e. The van der Waals surface area contributed by atoms with E-state index in [1.807, 2.05) is 0 Å². The van der Waals surface area contributed by atoms with E-state index in [1.54, 1.807) is 0 Å². The molecule has 134 valence electrons. The molecule has 5 rings (SSSR count). The first-order valence-corrected chi connectivity index (χ1v) is 10.0. The fraction of sp³-hybridized carbons (Fsp3) is 0.950. The number of aliphatic hydroxyl groups excluding tert-OH is 2. The summed E-state index contributed by atoms with van der Waals surface area (Å²) < 4.78 is 0. The molecule has 4 nitrogen and oxygen atoms in total. The largest absolute Gasteiger partial charge is 0.393 e. The van der Waals surface area contributed by atoms with Gasteiger partial charge in [0.1, 0.15) is 0 Å². The SMILES string of the molecule is C[C@]12CC[C@H](O)C[C@@H]1CC[C@@H]1[C@@H]2CC[C@]2(C)C3=NO[C@H](O)[C@@H]3C[C@@H]12. The lowest BCUT2D eigenvalue weighted by atomic mass is 9.45. The van der Waals surface area contributed by atoms with Crippen LogP contribution in [0.1, 0.15) is 65.2 Å². The van der Waals surface area contributed by atoms with E-state index in [-0.39, 0.29) is 17.4 Å². The van der Waals surface area contributed by atoms with Gasteiger partial charge in [0.2, 0.25) is 6.29 Å². The van der Waals surface area contributed by atoms with Crippen molar-refractivity contribution in [3.05, 3.63) is 0 Å². The Kier molecular flexibility index (Phi) is 3.24. The minimum absolute atomic E-state index is 0.0685. The van der Waals surface area contributed by atoms with Crippen LogP contribution >= 0.6 is 0 Å². The number of oxime groups is 1. The van der Waals surface area contributed by atoms with Crippen LogP contribution in [-0.4, -0.2) is 28.3 Å². The van der Waals surface area contributed by atoms with Gasteiger partial charge in [-0.1, -0.05) is 19.0 Å². The zero-order valence-corrected chi connectivity index (χ0v) is 14.9. The molecular weight excluding hydrogens is 302 g/mol. The van der Waals surface area contributed by atoms with Gasteiger partial charge in [-0.2, -0.15) is 0 Å². The zero-order valence-electron chi connectivity index (χ0n) is 14.9. The van der Waals surface area contributed by atoms with Gasteiger partial charge in [0.25, 0.3) is 0 Å². The summed E-state index contributed by atoms with van der Waals surface area (Å²) >= 11 is 0. The van der Waals surface area contributed by atoms with Gasteiger partial charge in [0, 0.05) is 5.41 Å². The summed E-state index contributed by atoms with van der Waals surface area (Å²) in [6, 6.07) is 0. The molecule has 1 aliphatic heterocycles. The highest BCUT2D eigenvalue weighted by atomic mass is 16.7. The van der Waals surface area contributed by atoms with Gasteiger partial charge in [0.15, 0.2) is 0 Å². The Bertz CT molecular complexity index is 577. The molecule has 4 heteroatoms. The minimum Gasteiger partial charge on any atom is -0.393 e. The Morgan fingerprint density at radius 3 is 2.67 bits per heavy atom. The summed E-state index contributed by atoms with van der Waals surface area (Å²) in [6.45, 7) is 4.90. The van der Waals surface area contributed by atoms with Gasteiger partial charge in [-0.05, 0) is 80.5 Å². The molecule has 9 atom stereocenters. The van der Waals surface area contributed by atoms with Crippen LogP contribution in [0.3, 0.4) is 0 Å². The van der Waals surface area contributed by atoms with Crippen molar-refractivity contribution in [2.45, 2.75) is 77.6 Å². The quantitative estimate of drug-likeness (QED) is 0.715. The van der Waals surface area contributed by atoms with E-state index in [1.165, 1.54) is 32.1 Å². The molecule has 0 radical (unpaired) electrons. The van der Waals surface area contributed by atoms with Crippen molar-refractivity contribution in [1.29, 1.82) is 0 Å². The number of rotatable bonds is 0. The van der Waals surface area contributed by atoms with E-state index in [9.17, 15) is 10.2 Å². The lowest BCUT2D eigenvalue weighted by Crippen LogP contribution is -2.54. The third-order valence-corrected chi connectivity index (χ3v) is 9.08. The van der Waals surface area contributed by atoms with Crippen LogP contribution in [0, 0.1) is 40.4 Å². The number of nitrogens with zero attached hydrogens (tertiary/aromatic N) is 1. The highest BCUT2D eigenvalue weighted by Crippen LogP contribution is 2.67. The number of fused-ring (bicyclic) bond motifs is 7. The first-order chi connectivity index (χ1) is 11.4. The second-order valence-corrected chi connectivity index (χ2v) is 9.86. The second-order valence-electron chi connectivity index (χ2n) is 9.86. The maximum absolute atomic E-state index is 10.2. The summed E-state index contributed by atoms with van der Waals surface area (Å²) in [5.41, 5.74) is 1.71. The lowest BCUT2D eigenvalue weighted by Gasteiger charge is -2.60. The Morgan fingerprint density at radius 2 is 1.83 bits per heavy atom. The summed E-state index contributed by atoms with van der Waals surface area (Å²) in [5, 5.41) is 24.6. The predicted molar refractivity (Wildman–Crippen MR) is 91.1 cm³/mol. The summed E-state index contributed by atoms with van der Waals surface area (Å²) in [4.78, 5) is 5.20. The molecule has 4 saturated carbocycles. The van der Waals surface area contributed by atoms with Gasteiger partial charge >= 0.3 is 0 Å². The first-order valence-electron chi connectivity index (χ1n) is 10.0. The fourth-order valence-corrected chi connectivity index (χ4v) is 7.72. The molecule has 4 fully saturated rings. The number of aliphatic hydroxyl groups is 2. The number of hydrogen-bond donors (Lipinski definition) is 2. The molecule has 0 aromatic rings. The highest BCUT2D eigenvalue weighted by molar-refractivity contribution is 5.95. The Morgan fingerprint density at radius 1 is 1.00 bits per heavy atom. The highest BCUT2D eigenvalue weighted by Gasteiger charge is 2.63. The lowest BCUT2D eigenvalue weighted by molar-refractivity contribution is -0.127. The average Bonchev–Trinajstić information content (AvgIpc) is 3.06. The Balaban J connectivity index is 1.47. The van der Waals surface area contributed by atoms with Crippen molar-refractivity contribution < 1.29 is 15.1 Å². The van der Waals surface area contributed by atoms with Crippen molar-refractivity contribution in [1.82, 2.24) is 0 Å². The van der Waals surface area contributed by atoms with E-state index in [4.69, 9.17) is 4.84 Å². The monoisotopic (exact) mass is 333 g/mol. The van der Waals surface area contributed by atoms with Gasteiger partial charge in [-0.3, -0.25) is 0 Å². The molecule has 1 heterocycles. The predicted octanol–water partition coefficient (Wildman–Crippen LogP) is 3.32. The number of hydrogen-bond acceptors (Lipinski definition) is 4. The normalized spacial score (nSPS) is 58.8. The molecule has 2 N–H and O–H groups in total. The topological polar surface area (TPSA) is 62.1 Å². The third-order valence-electron chi connectivity index (χ3n) is 9.08. The van der Waals surface area contributed by atoms with Crippen LogP contribution in [-0.2, 0) is 4.84 Å². The molecule has 0 aromatic heterocycles. The van der Waals surface area contributed by atoms with Crippen molar-refractivity contribution in [2.24, 2.45) is 45.6 Å². The van der Waals surface area contributed by atoms with Gasteiger partial charge in [-0.15, -0.1) is 0 Å². The van der Waals surface area contributed by atoms with Crippen molar-refractivity contribution >= 4 is 5.71 Å². The van der Waals surface area contributed by atoms with E-state index in [0.29, 0.717) is 17.3 Å². The molecule has 5 aliphatic rings. The molecule has 0 aromatic carbocycles. The van der Waals surface area contributed by atoms with Crippen molar-refractivity contribution in [3.8, 4) is 0 Å². The maximum Gasteiger partial charge on any atom is 0.232 e. The Hall–Kier alpha value is -0.610. The van der Waals surface area contributed by atoms with Crippen LogP contribution in [0.15, 0.2) is 5.16 Å². The van der Waals surface area contributed by atoms with Crippen molar-refractivity contribution in [3.63, 3.8) is 0 Å².